The van der Waals surface area contributed by atoms with Crippen molar-refractivity contribution in [2.24, 2.45) is 10.7 Å². The highest BCUT2D eigenvalue weighted by atomic mass is 35.5. The Morgan fingerprint density at radius 3 is 2.54 bits per heavy atom. The van der Waals surface area contributed by atoms with Crippen LogP contribution in [0.5, 0.6) is 0 Å². The summed E-state index contributed by atoms with van der Waals surface area (Å²) in [6, 6.07) is 12.4. The minimum atomic E-state index is -0.515. The molecule has 0 saturated heterocycles. The Kier molecular flexibility index (Phi) is 7.12. The molecule has 0 bridgehead atoms. The van der Waals surface area contributed by atoms with Gasteiger partial charge in [-0.2, -0.15) is 0 Å². The molecule has 0 aromatic heterocycles. The molecule has 6 nitrogen and oxygen atoms in total. The first-order valence-electron chi connectivity index (χ1n) is 7.84. The van der Waals surface area contributed by atoms with Crippen molar-refractivity contribution in [3.05, 3.63) is 63.6 Å². The molecule has 138 valence electrons. The van der Waals surface area contributed by atoms with E-state index in [1.54, 1.807) is 24.3 Å². The van der Waals surface area contributed by atoms with Crippen LogP contribution in [0.1, 0.15) is 24.1 Å². The second-order valence-electron chi connectivity index (χ2n) is 5.55. The van der Waals surface area contributed by atoms with Gasteiger partial charge < -0.3 is 15.8 Å². The molecule has 0 saturated carbocycles. The molecule has 4 N–H and O–H groups in total. The minimum Gasteiger partial charge on any atom is -0.453 e. The molecule has 26 heavy (non-hydrogen) atoms. The van der Waals surface area contributed by atoms with E-state index in [1.807, 2.05) is 25.1 Å². The van der Waals surface area contributed by atoms with Gasteiger partial charge in [0.15, 0.2) is 5.96 Å². The van der Waals surface area contributed by atoms with Crippen LogP contribution in [-0.4, -0.2) is 19.2 Å². The quantitative estimate of drug-likeness (QED) is 0.519. The van der Waals surface area contributed by atoms with Gasteiger partial charge in [-0.25, -0.2) is 9.79 Å². The summed E-state index contributed by atoms with van der Waals surface area (Å²) in [7, 11) is 1.31. The fourth-order valence-electron chi connectivity index (χ4n) is 2.24. The lowest BCUT2D eigenvalue weighted by Crippen LogP contribution is -2.34. The minimum absolute atomic E-state index is 0.116. The number of amides is 1. The van der Waals surface area contributed by atoms with Gasteiger partial charge in [0.25, 0.3) is 0 Å². The molecule has 1 atom stereocenters. The molecule has 2 aromatic rings. The van der Waals surface area contributed by atoms with E-state index < -0.39 is 6.09 Å². The van der Waals surface area contributed by atoms with Crippen molar-refractivity contribution in [1.82, 2.24) is 5.32 Å². The molecule has 2 rings (SSSR count). The van der Waals surface area contributed by atoms with Crippen LogP contribution in [0.15, 0.2) is 47.5 Å². The van der Waals surface area contributed by atoms with Crippen LogP contribution in [0.4, 0.5) is 10.5 Å². The summed E-state index contributed by atoms with van der Waals surface area (Å²) in [6.45, 7) is 2.34. The number of nitrogens with one attached hydrogen (secondary N) is 2. The number of hydrogen-bond donors (Lipinski definition) is 3. The summed E-state index contributed by atoms with van der Waals surface area (Å²) in [5.74, 6) is 0.306. The van der Waals surface area contributed by atoms with Crippen molar-refractivity contribution in [1.29, 1.82) is 0 Å². The predicted octanol–water partition coefficient (Wildman–Crippen LogP) is 4.34. The van der Waals surface area contributed by atoms with Crippen LogP contribution in [0.3, 0.4) is 0 Å². The van der Waals surface area contributed by atoms with Crippen molar-refractivity contribution in [2.45, 2.75) is 19.5 Å². The number of nitrogens with zero attached hydrogens (tertiary/aromatic N) is 1. The molecule has 0 fully saturated rings. The highest BCUT2D eigenvalue weighted by Gasteiger charge is 2.10. The van der Waals surface area contributed by atoms with Gasteiger partial charge in [-0.3, -0.25) is 5.32 Å². The molecule has 1 amide bonds. The lowest BCUT2D eigenvalue weighted by atomic mass is 10.1. The molecule has 0 aliphatic heterocycles. The molecule has 1 unspecified atom stereocenters. The average molecular weight is 395 g/mol. The first-order chi connectivity index (χ1) is 12.4. The zero-order valence-electron chi connectivity index (χ0n) is 14.4. The first-order valence-corrected chi connectivity index (χ1v) is 8.60. The number of benzene rings is 2. The lowest BCUT2D eigenvalue weighted by Gasteiger charge is -2.16. The number of halogens is 2. The molecular formula is C18H20Cl2N4O2. The molecule has 2 aromatic carbocycles. The second-order valence-corrected chi connectivity index (χ2v) is 6.39. The standard InChI is InChI=1S/C18H20Cl2N4O2/c1-11(15-8-5-13(19)9-16(15)20)23-17(21)22-10-12-3-6-14(7-4-12)24-18(25)26-2/h3-9,11H,10H2,1-2H3,(H,24,25)(H3,21,22,23). The van der Waals surface area contributed by atoms with Crippen molar-refractivity contribution in [3.8, 4) is 0 Å². The summed E-state index contributed by atoms with van der Waals surface area (Å²) in [5, 5.41) is 6.83. The van der Waals surface area contributed by atoms with E-state index in [0.717, 1.165) is 11.1 Å². The summed E-state index contributed by atoms with van der Waals surface area (Å²) in [5.41, 5.74) is 8.42. The number of anilines is 1. The van der Waals surface area contributed by atoms with E-state index in [-0.39, 0.29) is 6.04 Å². The first kappa shape index (κ1) is 19.9. The van der Waals surface area contributed by atoms with E-state index in [4.69, 9.17) is 28.9 Å². The van der Waals surface area contributed by atoms with Gasteiger partial charge in [0.2, 0.25) is 0 Å². The number of nitrogens with two attached hydrogens (primary N) is 1. The van der Waals surface area contributed by atoms with Gasteiger partial charge in [-0.05, 0) is 42.3 Å². The van der Waals surface area contributed by atoms with Crippen LogP contribution >= 0.6 is 23.2 Å². The molecule has 0 spiro atoms. The number of guanidine groups is 1. The van der Waals surface area contributed by atoms with Crippen LogP contribution in [-0.2, 0) is 11.3 Å². The van der Waals surface area contributed by atoms with Gasteiger partial charge in [-0.1, -0.05) is 41.4 Å². The number of rotatable bonds is 5. The van der Waals surface area contributed by atoms with Gasteiger partial charge in [-0.15, -0.1) is 0 Å². The van der Waals surface area contributed by atoms with Crippen LogP contribution < -0.4 is 16.4 Å². The third-order valence-electron chi connectivity index (χ3n) is 3.61. The van der Waals surface area contributed by atoms with Gasteiger partial charge >= 0.3 is 6.09 Å². The number of carbonyl (C=O) groups excluding carboxylic acids is 1. The maximum Gasteiger partial charge on any atom is 0.411 e. The Bertz CT molecular complexity index is 794. The van der Waals surface area contributed by atoms with Crippen LogP contribution in [0.25, 0.3) is 0 Å². The normalized spacial score (nSPS) is 12.4. The topological polar surface area (TPSA) is 88.7 Å². The molecule has 8 heteroatoms. The zero-order valence-corrected chi connectivity index (χ0v) is 15.9. The maximum absolute atomic E-state index is 11.1. The Labute approximate surface area is 162 Å². The van der Waals surface area contributed by atoms with Crippen molar-refractivity contribution < 1.29 is 9.53 Å². The van der Waals surface area contributed by atoms with Crippen molar-refractivity contribution in [2.75, 3.05) is 12.4 Å². The van der Waals surface area contributed by atoms with Crippen molar-refractivity contribution >= 4 is 40.9 Å². The van der Waals surface area contributed by atoms with Crippen molar-refractivity contribution in [3.63, 3.8) is 0 Å². The van der Waals surface area contributed by atoms with E-state index in [9.17, 15) is 4.79 Å². The second kappa shape index (κ2) is 9.31. The van der Waals surface area contributed by atoms with Gasteiger partial charge in [0.1, 0.15) is 0 Å². The summed E-state index contributed by atoms with van der Waals surface area (Å²) in [6.07, 6.45) is -0.515. The largest absolute Gasteiger partial charge is 0.453 e. The van der Waals surface area contributed by atoms with Gasteiger partial charge in [0.05, 0.1) is 19.7 Å². The Balaban J connectivity index is 1.94. The monoisotopic (exact) mass is 394 g/mol. The molecule has 0 aliphatic carbocycles. The van der Waals surface area contributed by atoms with E-state index in [2.05, 4.69) is 20.4 Å². The number of ether oxygens (including phenoxy) is 1. The van der Waals surface area contributed by atoms with Gasteiger partial charge in [0, 0.05) is 15.7 Å². The van der Waals surface area contributed by atoms with Crippen LogP contribution in [0.2, 0.25) is 10.0 Å². The summed E-state index contributed by atoms with van der Waals surface area (Å²) >= 11 is 12.1. The highest BCUT2D eigenvalue weighted by molar-refractivity contribution is 6.35. The Hall–Kier alpha value is -2.44. The third kappa shape index (κ3) is 5.82. The predicted molar refractivity (Wildman–Crippen MR) is 106 cm³/mol. The fourth-order valence-corrected chi connectivity index (χ4v) is 2.81. The molecule has 0 aliphatic rings. The SMILES string of the molecule is COC(=O)Nc1ccc(CN=C(N)NC(C)c2ccc(Cl)cc2Cl)cc1. The number of methoxy groups -OCH3 is 1. The van der Waals surface area contributed by atoms with E-state index in [1.165, 1.54) is 7.11 Å². The molecule has 0 heterocycles. The number of hydrogen-bond acceptors (Lipinski definition) is 3. The Morgan fingerprint density at radius 2 is 1.92 bits per heavy atom. The zero-order chi connectivity index (χ0) is 19.1. The maximum atomic E-state index is 11.1. The molecular weight excluding hydrogens is 375 g/mol. The lowest BCUT2D eigenvalue weighted by molar-refractivity contribution is 0.187. The van der Waals surface area contributed by atoms with Crippen LogP contribution in [0, 0.1) is 0 Å². The summed E-state index contributed by atoms with van der Waals surface area (Å²) in [4.78, 5) is 15.5. The summed E-state index contributed by atoms with van der Waals surface area (Å²) < 4.78 is 4.54. The average Bonchev–Trinajstić information content (AvgIpc) is 2.60. The third-order valence-corrected chi connectivity index (χ3v) is 4.17. The van der Waals surface area contributed by atoms with E-state index in [0.29, 0.717) is 28.2 Å². The fraction of sp³-hybridized carbons (Fsp3) is 0.222. The smallest absolute Gasteiger partial charge is 0.411 e. The van der Waals surface area contributed by atoms with E-state index >= 15 is 0 Å². The number of carbonyl (C=O) groups is 1. The Morgan fingerprint density at radius 1 is 1.23 bits per heavy atom. The molecule has 0 radical (unpaired) electrons. The highest BCUT2D eigenvalue weighted by Crippen LogP contribution is 2.25. The number of aliphatic imine (C=N–C) groups is 1.